The molecule has 0 N–H and O–H groups in total. The molecule has 3 heterocycles. The molecule has 188 valence electrons. The molecule has 0 aliphatic heterocycles. The maximum Gasteiger partial charge on any atom is 0.137 e. The molecule has 40 heavy (non-hydrogen) atoms. The fourth-order valence-electron chi connectivity index (χ4n) is 6.21. The Morgan fingerprint density at radius 1 is 0.425 bits per heavy atom. The average Bonchev–Trinajstić information content (AvgIpc) is 3.65. The van der Waals surface area contributed by atoms with Crippen molar-refractivity contribution in [1.82, 2.24) is 4.57 Å². The zero-order valence-electron chi connectivity index (χ0n) is 21.2. The van der Waals surface area contributed by atoms with E-state index in [9.17, 15) is 0 Å². The van der Waals surface area contributed by atoms with Crippen molar-refractivity contribution in [2.45, 2.75) is 0 Å². The smallest absolute Gasteiger partial charge is 0.137 e. The van der Waals surface area contributed by atoms with Crippen LogP contribution in [0.5, 0.6) is 0 Å². The number of hydrogen-bond donors (Lipinski definition) is 0. The van der Waals surface area contributed by atoms with Gasteiger partial charge in [-0.25, -0.2) is 0 Å². The Balaban J connectivity index is 1.27. The number of halogens is 1. The quantitative estimate of drug-likeness (QED) is 0.221. The molecule has 0 saturated heterocycles. The number of hydrogen-bond acceptors (Lipinski definition) is 2. The molecule has 0 bridgehead atoms. The van der Waals surface area contributed by atoms with Gasteiger partial charge < -0.3 is 13.4 Å². The summed E-state index contributed by atoms with van der Waals surface area (Å²) in [6.45, 7) is 0. The molecule has 3 nitrogen and oxygen atoms in total. The highest BCUT2D eigenvalue weighted by atomic mass is 35.5. The second kappa shape index (κ2) is 8.01. The van der Waals surface area contributed by atoms with Crippen LogP contribution in [-0.2, 0) is 0 Å². The number of benzene rings is 6. The van der Waals surface area contributed by atoms with Crippen LogP contribution < -0.4 is 0 Å². The second-order valence-corrected chi connectivity index (χ2v) is 10.8. The molecule has 6 aromatic carbocycles. The molecule has 0 aliphatic rings. The topological polar surface area (TPSA) is 31.2 Å². The van der Waals surface area contributed by atoms with Gasteiger partial charge in [0.05, 0.1) is 11.0 Å². The number of aromatic nitrogens is 1. The van der Waals surface area contributed by atoms with Gasteiger partial charge in [0.15, 0.2) is 0 Å². The number of rotatable bonds is 2. The van der Waals surface area contributed by atoms with E-state index < -0.39 is 0 Å². The van der Waals surface area contributed by atoms with Crippen LogP contribution in [0, 0.1) is 0 Å². The predicted molar refractivity (Wildman–Crippen MR) is 166 cm³/mol. The zero-order valence-corrected chi connectivity index (χ0v) is 21.9. The van der Waals surface area contributed by atoms with Crippen molar-refractivity contribution in [3.05, 3.63) is 126 Å². The van der Waals surface area contributed by atoms with E-state index in [-0.39, 0.29) is 0 Å². The first-order valence-electron chi connectivity index (χ1n) is 13.3. The number of para-hydroxylation sites is 2. The van der Waals surface area contributed by atoms with Crippen LogP contribution in [0.1, 0.15) is 0 Å². The van der Waals surface area contributed by atoms with Gasteiger partial charge in [0.1, 0.15) is 22.3 Å². The van der Waals surface area contributed by atoms with Crippen molar-refractivity contribution in [3.8, 4) is 16.8 Å². The van der Waals surface area contributed by atoms with Gasteiger partial charge in [0, 0.05) is 49.1 Å². The van der Waals surface area contributed by atoms with Crippen LogP contribution in [0.4, 0.5) is 0 Å². The Kier molecular flexibility index (Phi) is 4.38. The largest absolute Gasteiger partial charge is 0.456 e. The van der Waals surface area contributed by atoms with Crippen molar-refractivity contribution >= 4 is 77.3 Å². The van der Waals surface area contributed by atoms with Gasteiger partial charge in [0.25, 0.3) is 0 Å². The Bertz CT molecular complexity index is 2460. The predicted octanol–water partition coefficient (Wildman–Crippen LogP) is 10.9. The molecule has 0 amide bonds. The molecule has 0 radical (unpaired) electrons. The Morgan fingerprint density at radius 3 is 1.73 bits per heavy atom. The first-order valence-corrected chi connectivity index (χ1v) is 13.7. The molecule has 0 spiro atoms. The number of fused-ring (bicyclic) bond motifs is 9. The lowest BCUT2D eigenvalue weighted by Gasteiger charge is -2.08. The monoisotopic (exact) mass is 533 g/mol. The third-order valence-electron chi connectivity index (χ3n) is 8.06. The Morgan fingerprint density at radius 2 is 0.975 bits per heavy atom. The molecule has 0 atom stereocenters. The number of nitrogens with zero attached hydrogens (tertiary/aromatic N) is 1. The summed E-state index contributed by atoms with van der Waals surface area (Å²) in [5.74, 6) is 0. The third-order valence-corrected chi connectivity index (χ3v) is 8.29. The maximum atomic E-state index is 6.52. The first kappa shape index (κ1) is 21.9. The molecule has 9 aromatic rings. The van der Waals surface area contributed by atoms with Crippen molar-refractivity contribution in [2.75, 3.05) is 0 Å². The molecule has 0 saturated carbocycles. The molecular formula is C36H20ClNO2. The van der Waals surface area contributed by atoms with Crippen molar-refractivity contribution in [1.29, 1.82) is 0 Å². The Labute approximate surface area is 233 Å². The van der Waals surface area contributed by atoms with E-state index in [0.29, 0.717) is 5.02 Å². The molecule has 4 heteroatoms. The minimum atomic E-state index is 0.716. The number of furan rings is 2. The van der Waals surface area contributed by atoms with E-state index in [0.717, 1.165) is 82.5 Å². The van der Waals surface area contributed by atoms with Gasteiger partial charge in [-0.05, 0) is 77.9 Å². The molecular weight excluding hydrogens is 514 g/mol. The van der Waals surface area contributed by atoms with E-state index >= 15 is 0 Å². The lowest BCUT2D eigenvalue weighted by molar-refractivity contribution is 0.668. The maximum absolute atomic E-state index is 6.52. The van der Waals surface area contributed by atoms with Gasteiger partial charge in [-0.3, -0.25) is 0 Å². The fraction of sp³-hybridized carbons (Fsp3) is 0. The lowest BCUT2D eigenvalue weighted by atomic mass is 10.0. The highest BCUT2D eigenvalue weighted by Crippen LogP contribution is 2.39. The van der Waals surface area contributed by atoms with Crippen LogP contribution in [0.2, 0.25) is 5.02 Å². The van der Waals surface area contributed by atoms with Crippen LogP contribution in [0.3, 0.4) is 0 Å². The average molecular weight is 534 g/mol. The molecule has 9 rings (SSSR count). The van der Waals surface area contributed by atoms with Gasteiger partial charge in [-0.1, -0.05) is 60.1 Å². The van der Waals surface area contributed by atoms with Crippen LogP contribution in [0.25, 0.3) is 82.5 Å². The van der Waals surface area contributed by atoms with Gasteiger partial charge in [-0.2, -0.15) is 0 Å². The normalized spacial score (nSPS) is 12.1. The third kappa shape index (κ3) is 3.07. The fourth-order valence-corrected chi connectivity index (χ4v) is 6.38. The second-order valence-electron chi connectivity index (χ2n) is 10.3. The summed E-state index contributed by atoms with van der Waals surface area (Å²) in [5, 5.41) is 7.48. The summed E-state index contributed by atoms with van der Waals surface area (Å²) in [6.07, 6.45) is 0. The summed E-state index contributed by atoms with van der Waals surface area (Å²) in [5.41, 5.74) is 9.06. The van der Waals surface area contributed by atoms with Crippen LogP contribution in [-0.4, -0.2) is 4.57 Å². The van der Waals surface area contributed by atoms with E-state index in [2.05, 4.69) is 83.4 Å². The highest BCUT2D eigenvalue weighted by molar-refractivity contribution is 6.32. The van der Waals surface area contributed by atoms with Crippen LogP contribution >= 0.6 is 11.6 Å². The summed E-state index contributed by atoms with van der Waals surface area (Å²) in [6, 6.07) is 42.0. The van der Waals surface area contributed by atoms with Crippen molar-refractivity contribution in [2.24, 2.45) is 0 Å². The van der Waals surface area contributed by atoms with E-state index in [1.54, 1.807) is 0 Å². The summed E-state index contributed by atoms with van der Waals surface area (Å²) >= 11 is 6.52. The van der Waals surface area contributed by atoms with Gasteiger partial charge >= 0.3 is 0 Å². The molecule has 0 unspecified atom stereocenters. The summed E-state index contributed by atoms with van der Waals surface area (Å²) in [4.78, 5) is 0. The van der Waals surface area contributed by atoms with E-state index in [4.69, 9.17) is 20.4 Å². The minimum absolute atomic E-state index is 0.716. The van der Waals surface area contributed by atoms with Crippen molar-refractivity contribution in [3.63, 3.8) is 0 Å². The summed E-state index contributed by atoms with van der Waals surface area (Å²) < 4.78 is 14.7. The lowest BCUT2D eigenvalue weighted by Crippen LogP contribution is -1.93. The van der Waals surface area contributed by atoms with Gasteiger partial charge in [0.2, 0.25) is 0 Å². The molecule has 0 fully saturated rings. The van der Waals surface area contributed by atoms with E-state index in [1.165, 1.54) is 0 Å². The first-order chi connectivity index (χ1) is 19.7. The minimum Gasteiger partial charge on any atom is -0.456 e. The Hall–Kier alpha value is -4.99. The summed E-state index contributed by atoms with van der Waals surface area (Å²) in [7, 11) is 0. The molecule has 3 aromatic heterocycles. The SMILES string of the molecule is Clc1ccc2c(c1)c1cc(-c3ccc4c(c3)oc3ccccc34)ccc1n2-c1ccc2c(c1)oc1ccccc12. The zero-order chi connectivity index (χ0) is 26.4. The van der Waals surface area contributed by atoms with Crippen molar-refractivity contribution < 1.29 is 8.83 Å². The molecule has 0 aliphatic carbocycles. The van der Waals surface area contributed by atoms with Crippen LogP contribution in [0.15, 0.2) is 130 Å². The standard InChI is InChI=1S/C36H20ClNO2/c37-23-11-16-32-30(19-23)29-17-21(22-9-13-27-25-5-1-3-7-33(25)39-35(27)18-22)10-15-31(29)38(32)24-12-14-28-26-6-2-4-8-34(26)40-36(28)20-24/h1-20H. The highest BCUT2D eigenvalue weighted by Gasteiger charge is 2.16. The van der Waals surface area contributed by atoms with E-state index in [1.807, 2.05) is 42.5 Å². The van der Waals surface area contributed by atoms with Gasteiger partial charge in [-0.15, -0.1) is 0 Å².